The molecule has 3 heterocycles. The fourth-order valence-corrected chi connectivity index (χ4v) is 2.25. The van der Waals surface area contributed by atoms with Crippen molar-refractivity contribution >= 4 is 20.9 Å². The van der Waals surface area contributed by atoms with Crippen LogP contribution in [-0.2, 0) is 9.84 Å². The number of rotatable bonds is 2. The van der Waals surface area contributed by atoms with Gasteiger partial charge in [0, 0.05) is 17.8 Å². The van der Waals surface area contributed by atoms with Crippen molar-refractivity contribution in [1.82, 2.24) is 15.0 Å². The molecule has 0 spiro atoms. The SMILES string of the molecule is CS(=O)(=O)c1cnc2[nH]c(-c3ncco3)cc2c1. The lowest BCUT2D eigenvalue weighted by molar-refractivity contribution is 0.572. The quantitative estimate of drug-likeness (QED) is 0.758. The van der Waals surface area contributed by atoms with Crippen LogP contribution >= 0.6 is 0 Å². The van der Waals surface area contributed by atoms with Gasteiger partial charge in [0.1, 0.15) is 17.6 Å². The van der Waals surface area contributed by atoms with Crippen LogP contribution in [0.15, 0.2) is 40.1 Å². The largest absolute Gasteiger partial charge is 0.443 e. The Labute approximate surface area is 103 Å². The summed E-state index contributed by atoms with van der Waals surface area (Å²) in [6, 6.07) is 3.32. The Balaban J connectivity index is 2.19. The molecular weight excluding hydrogens is 254 g/mol. The fraction of sp³-hybridized carbons (Fsp3) is 0.0909. The van der Waals surface area contributed by atoms with Crippen molar-refractivity contribution in [2.45, 2.75) is 4.90 Å². The molecule has 7 heteroatoms. The lowest BCUT2D eigenvalue weighted by Gasteiger charge is -1.96. The summed E-state index contributed by atoms with van der Waals surface area (Å²) in [5.41, 5.74) is 1.25. The van der Waals surface area contributed by atoms with E-state index in [1.165, 1.54) is 18.7 Å². The molecule has 0 aliphatic heterocycles. The first-order valence-electron chi connectivity index (χ1n) is 5.13. The minimum atomic E-state index is -3.25. The van der Waals surface area contributed by atoms with E-state index in [1.54, 1.807) is 12.1 Å². The maximum Gasteiger partial charge on any atom is 0.242 e. The van der Waals surface area contributed by atoms with Crippen molar-refractivity contribution in [1.29, 1.82) is 0 Å². The molecule has 92 valence electrons. The third kappa shape index (κ3) is 1.78. The number of aromatic nitrogens is 3. The average Bonchev–Trinajstić information content (AvgIpc) is 2.95. The Morgan fingerprint density at radius 2 is 2.11 bits per heavy atom. The van der Waals surface area contributed by atoms with Crippen LogP contribution in [0.3, 0.4) is 0 Å². The van der Waals surface area contributed by atoms with Crippen molar-refractivity contribution in [2.24, 2.45) is 0 Å². The Kier molecular flexibility index (Phi) is 2.24. The summed E-state index contributed by atoms with van der Waals surface area (Å²) in [6.07, 6.45) is 5.48. The molecule has 3 rings (SSSR count). The number of hydrogen-bond donors (Lipinski definition) is 1. The predicted octanol–water partition coefficient (Wildman–Crippen LogP) is 1.62. The summed E-state index contributed by atoms with van der Waals surface area (Å²) in [6.45, 7) is 0. The molecule has 3 aromatic heterocycles. The van der Waals surface area contributed by atoms with Crippen LogP contribution < -0.4 is 0 Å². The van der Waals surface area contributed by atoms with Crippen molar-refractivity contribution in [3.63, 3.8) is 0 Å². The molecule has 0 aromatic carbocycles. The number of nitrogens with one attached hydrogen (secondary N) is 1. The van der Waals surface area contributed by atoms with E-state index in [4.69, 9.17) is 4.42 Å². The zero-order chi connectivity index (χ0) is 12.8. The van der Waals surface area contributed by atoms with Crippen molar-refractivity contribution < 1.29 is 12.8 Å². The predicted molar refractivity (Wildman–Crippen MR) is 64.7 cm³/mol. The molecule has 0 amide bonds. The zero-order valence-electron chi connectivity index (χ0n) is 9.41. The lowest BCUT2D eigenvalue weighted by Crippen LogP contribution is -1.97. The van der Waals surface area contributed by atoms with E-state index in [-0.39, 0.29) is 4.90 Å². The van der Waals surface area contributed by atoms with Gasteiger partial charge in [-0.3, -0.25) is 0 Å². The number of H-pyrrole nitrogens is 1. The molecule has 3 aromatic rings. The highest BCUT2D eigenvalue weighted by Crippen LogP contribution is 2.23. The van der Waals surface area contributed by atoms with Gasteiger partial charge in [0.15, 0.2) is 9.84 Å². The zero-order valence-corrected chi connectivity index (χ0v) is 10.2. The van der Waals surface area contributed by atoms with Gasteiger partial charge in [-0.15, -0.1) is 0 Å². The van der Waals surface area contributed by atoms with Gasteiger partial charge < -0.3 is 9.40 Å². The van der Waals surface area contributed by atoms with Gasteiger partial charge in [-0.05, 0) is 12.1 Å². The monoisotopic (exact) mass is 263 g/mol. The summed E-state index contributed by atoms with van der Waals surface area (Å²) < 4.78 is 28.0. The van der Waals surface area contributed by atoms with Gasteiger partial charge in [0.25, 0.3) is 0 Å². The third-order valence-electron chi connectivity index (χ3n) is 2.54. The molecule has 0 unspecified atom stereocenters. The first-order valence-corrected chi connectivity index (χ1v) is 7.02. The molecule has 0 bridgehead atoms. The second kappa shape index (κ2) is 3.67. The van der Waals surface area contributed by atoms with Crippen LogP contribution in [0.2, 0.25) is 0 Å². The lowest BCUT2D eigenvalue weighted by atomic mass is 10.3. The maximum absolute atomic E-state index is 11.4. The van der Waals surface area contributed by atoms with Gasteiger partial charge in [-0.25, -0.2) is 18.4 Å². The van der Waals surface area contributed by atoms with E-state index in [2.05, 4.69) is 15.0 Å². The number of nitrogens with zero attached hydrogens (tertiary/aromatic N) is 2. The summed E-state index contributed by atoms with van der Waals surface area (Å²) in [5.74, 6) is 0.439. The number of fused-ring (bicyclic) bond motifs is 1. The van der Waals surface area contributed by atoms with Crippen molar-refractivity contribution in [2.75, 3.05) is 6.26 Å². The third-order valence-corrected chi connectivity index (χ3v) is 3.62. The minimum Gasteiger partial charge on any atom is -0.443 e. The van der Waals surface area contributed by atoms with Gasteiger partial charge in [0.2, 0.25) is 5.89 Å². The number of hydrogen-bond acceptors (Lipinski definition) is 5. The summed E-state index contributed by atoms with van der Waals surface area (Å²) in [7, 11) is -3.25. The van der Waals surface area contributed by atoms with E-state index < -0.39 is 9.84 Å². The molecule has 0 aliphatic rings. The minimum absolute atomic E-state index is 0.188. The summed E-state index contributed by atoms with van der Waals surface area (Å²) >= 11 is 0. The first kappa shape index (κ1) is 11.0. The van der Waals surface area contributed by atoms with Gasteiger partial charge in [-0.2, -0.15) is 0 Å². The topological polar surface area (TPSA) is 88.9 Å². The van der Waals surface area contributed by atoms with Crippen molar-refractivity contribution in [3.05, 3.63) is 30.8 Å². The van der Waals surface area contributed by atoms with E-state index in [0.717, 1.165) is 6.26 Å². The highest BCUT2D eigenvalue weighted by atomic mass is 32.2. The molecule has 0 fully saturated rings. The molecule has 0 saturated carbocycles. The molecule has 0 atom stereocenters. The highest BCUT2D eigenvalue weighted by molar-refractivity contribution is 7.90. The molecule has 1 N–H and O–H groups in total. The number of aromatic amines is 1. The van der Waals surface area contributed by atoms with E-state index in [9.17, 15) is 8.42 Å². The van der Waals surface area contributed by atoms with Gasteiger partial charge in [0.05, 0.1) is 11.1 Å². The molecule has 0 aliphatic carbocycles. The summed E-state index contributed by atoms with van der Waals surface area (Å²) in [4.78, 5) is 11.3. The number of pyridine rings is 1. The van der Waals surface area contributed by atoms with Crippen molar-refractivity contribution in [3.8, 4) is 11.6 Å². The first-order chi connectivity index (χ1) is 8.54. The maximum atomic E-state index is 11.4. The van der Waals surface area contributed by atoms with Gasteiger partial charge >= 0.3 is 0 Å². The van der Waals surface area contributed by atoms with Crippen LogP contribution in [0.5, 0.6) is 0 Å². The Hall–Kier alpha value is -2.15. The second-order valence-corrected chi connectivity index (χ2v) is 5.92. The molecule has 6 nitrogen and oxygen atoms in total. The smallest absolute Gasteiger partial charge is 0.242 e. The highest BCUT2D eigenvalue weighted by Gasteiger charge is 2.12. The standard InChI is InChI=1S/C11H9N3O3S/c1-18(15,16)8-4-7-5-9(11-12-2-3-17-11)14-10(7)13-6-8/h2-6H,1H3,(H,13,14). The Morgan fingerprint density at radius 1 is 1.28 bits per heavy atom. The van der Waals surface area contributed by atoms with E-state index in [1.807, 2.05) is 0 Å². The second-order valence-electron chi connectivity index (χ2n) is 3.90. The van der Waals surface area contributed by atoms with Crippen LogP contribution in [0.1, 0.15) is 0 Å². The normalized spacial score (nSPS) is 12.1. The number of sulfone groups is 1. The summed E-state index contributed by atoms with van der Waals surface area (Å²) in [5, 5.41) is 0.700. The molecule has 18 heavy (non-hydrogen) atoms. The van der Waals surface area contributed by atoms with E-state index in [0.29, 0.717) is 22.6 Å². The Morgan fingerprint density at radius 3 is 2.78 bits per heavy atom. The van der Waals surface area contributed by atoms with Crippen LogP contribution in [0, 0.1) is 0 Å². The molecule has 0 saturated heterocycles. The van der Waals surface area contributed by atoms with E-state index >= 15 is 0 Å². The number of oxazole rings is 1. The van der Waals surface area contributed by atoms with Gasteiger partial charge in [-0.1, -0.05) is 0 Å². The van der Waals surface area contributed by atoms with Crippen LogP contribution in [0.25, 0.3) is 22.6 Å². The molecular formula is C11H9N3O3S. The average molecular weight is 263 g/mol. The fourth-order valence-electron chi connectivity index (χ4n) is 1.67. The molecule has 0 radical (unpaired) electrons. The van der Waals surface area contributed by atoms with Crippen LogP contribution in [0.4, 0.5) is 0 Å². The Bertz CT molecular complexity index is 803. The van der Waals surface area contributed by atoms with Crippen LogP contribution in [-0.4, -0.2) is 29.6 Å².